The number of aromatic nitrogens is 2. The molecule has 1 aliphatic rings. The van der Waals surface area contributed by atoms with Gasteiger partial charge >= 0.3 is 0 Å². The standard InChI is InChI=1S/C22H24N4O/c1-25-13-11-16(12-14-25)15-21(27)23-18-9-7-17(8-10-18)22-24-19-5-3-4-6-20(19)26(22)2/h3-11H,12-15H2,1-2H3,(H,23,27). The first kappa shape index (κ1) is 17.5. The molecule has 3 aromatic rings. The fourth-order valence-corrected chi connectivity index (χ4v) is 3.49. The molecule has 0 saturated heterocycles. The number of amides is 1. The number of hydrogen-bond acceptors (Lipinski definition) is 3. The predicted octanol–water partition coefficient (Wildman–Crippen LogP) is 3.83. The largest absolute Gasteiger partial charge is 0.327 e. The number of nitrogens with one attached hydrogen (secondary N) is 1. The quantitative estimate of drug-likeness (QED) is 0.720. The molecule has 5 nitrogen and oxygen atoms in total. The van der Waals surface area contributed by atoms with Crippen LogP contribution in [0, 0.1) is 0 Å². The third-order valence-electron chi connectivity index (χ3n) is 5.11. The summed E-state index contributed by atoms with van der Waals surface area (Å²) in [5.41, 5.74) is 5.16. The summed E-state index contributed by atoms with van der Waals surface area (Å²) in [4.78, 5) is 19.3. The lowest BCUT2D eigenvalue weighted by molar-refractivity contribution is -0.115. The number of hydrogen-bond donors (Lipinski definition) is 1. The van der Waals surface area contributed by atoms with Gasteiger partial charge in [-0.1, -0.05) is 23.8 Å². The summed E-state index contributed by atoms with van der Waals surface area (Å²) in [5, 5.41) is 3.00. The molecule has 1 N–H and O–H groups in total. The van der Waals surface area contributed by atoms with Gasteiger partial charge in [0.1, 0.15) is 5.82 Å². The van der Waals surface area contributed by atoms with E-state index in [1.807, 2.05) is 49.5 Å². The van der Waals surface area contributed by atoms with Crippen molar-refractivity contribution >= 4 is 22.6 Å². The summed E-state index contributed by atoms with van der Waals surface area (Å²) in [6, 6.07) is 16.0. The molecular weight excluding hydrogens is 336 g/mol. The first-order valence-corrected chi connectivity index (χ1v) is 9.28. The zero-order valence-electron chi connectivity index (χ0n) is 15.8. The number of para-hydroxylation sites is 2. The topological polar surface area (TPSA) is 50.2 Å². The summed E-state index contributed by atoms with van der Waals surface area (Å²) in [7, 11) is 4.12. The first-order chi connectivity index (χ1) is 13.1. The van der Waals surface area contributed by atoms with E-state index < -0.39 is 0 Å². The van der Waals surface area contributed by atoms with Crippen molar-refractivity contribution in [1.82, 2.24) is 14.5 Å². The van der Waals surface area contributed by atoms with Gasteiger partial charge in [-0.05, 0) is 49.9 Å². The molecule has 1 aliphatic heterocycles. The molecule has 0 atom stereocenters. The van der Waals surface area contributed by atoms with E-state index in [4.69, 9.17) is 4.98 Å². The van der Waals surface area contributed by atoms with Gasteiger partial charge in [0.2, 0.25) is 5.91 Å². The van der Waals surface area contributed by atoms with Crippen LogP contribution in [0.2, 0.25) is 0 Å². The Labute approximate surface area is 159 Å². The van der Waals surface area contributed by atoms with Gasteiger partial charge in [-0.2, -0.15) is 0 Å². The second-order valence-electron chi connectivity index (χ2n) is 7.16. The van der Waals surface area contributed by atoms with Crippen molar-refractivity contribution in [2.75, 3.05) is 25.5 Å². The van der Waals surface area contributed by atoms with Crippen LogP contribution >= 0.6 is 0 Å². The fraction of sp³-hybridized carbons (Fsp3) is 0.273. The van der Waals surface area contributed by atoms with E-state index in [9.17, 15) is 4.79 Å². The zero-order valence-corrected chi connectivity index (χ0v) is 15.8. The van der Waals surface area contributed by atoms with E-state index in [1.165, 1.54) is 5.57 Å². The van der Waals surface area contributed by atoms with Crippen LogP contribution in [0.25, 0.3) is 22.4 Å². The summed E-state index contributed by atoms with van der Waals surface area (Å²) in [5.74, 6) is 0.965. The molecule has 0 fully saturated rings. The van der Waals surface area contributed by atoms with Crippen molar-refractivity contribution in [3.63, 3.8) is 0 Å². The average Bonchev–Trinajstić information content (AvgIpc) is 3.01. The van der Waals surface area contributed by atoms with Crippen molar-refractivity contribution in [3.8, 4) is 11.4 Å². The summed E-state index contributed by atoms with van der Waals surface area (Å²) < 4.78 is 2.09. The number of likely N-dealkylation sites (N-methyl/N-ethyl adjacent to an activating group) is 1. The molecule has 0 saturated carbocycles. The molecular formula is C22H24N4O. The highest BCUT2D eigenvalue weighted by molar-refractivity contribution is 5.92. The van der Waals surface area contributed by atoms with Crippen LogP contribution < -0.4 is 5.32 Å². The number of fused-ring (bicyclic) bond motifs is 1. The van der Waals surface area contributed by atoms with Crippen LogP contribution in [0.5, 0.6) is 0 Å². The monoisotopic (exact) mass is 360 g/mol. The maximum absolute atomic E-state index is 12.3. The highest BCUT2D eigenvalue weighted by Crippen LogP contribution is 2.25. The van der Waals surface area contributed by atoms with Crippen molar-refractivity contribution in [2.24, 2.45) is 7.05 Å². The Balaban J connectivity index is 1.45. The minimum absolute atomic E-state index is 0.0429. The fourth-order valence-electron chi connectivity index (χ4n) is 3.49. The molecule has 2 heterocycles. The lowest BCUT2D eigenvalue weighted by Gasteiger charge is -2.21. The second-order valence-corrected chi connectivity index (χ2v) is 7.16. The van der Waals surface area contributed by atoms with E-state index in [2.05, 4.69) is 34.0 Å². The van der Waals surface area contributed by atoms with Gasteiger partial charge < -0.3 is 14.8 Å². The maximum Gasteiger partial charge on any atom is 0.228 e. The lowest BCUT2D eigenvalue weighted by atomic mass is 10.0. The Kier molecular flexibility index (Phi) is 4.77. The molecule has 2 aromatic carbocycles. The van der Waals surface area contributed by atoms with Crippen LogP contribution in [0.15, 0.2) is 60.2 Å². The van der Waals surface area contributed by atoms with Crippen molar-refractivity contribution < 1.29 is 4.79 Å². The van der Waals surface area contributed by atoms with Gasteiger partial charge in [-0.15, -0.1) is 0 Å². The SMILES string of the molecule is CN1CC=C(CC(=O)Nc2ccc(-c3nc4ccccc4n3C)cc2)CC1. The highest BCUT2D eigenvalue weighted by atomic mass is 16.1. The number of carbonyl (C=O) groups excluding carboxylic acids is 1. The normalized spacial score (nSPS) is 15.0. The van der Waals surface area contributed by atoms with Gasteiger partial charge in [0.15, 0.2) is 0 Å². The molecule has 27 heavy (non-hydrogen) atoms. The van der Waals surface area contributed by atoms with E-state index >= 15 is 0 Å². The van der Waals surface area contributed by atoms with Gasteiger partial charge in [0.05, 0.1) is 11.0 Å². The second kappa shape index (κ2) is 7.37. The Bertz CT molecular complexity index is 1000. The number of imidazole rings is 1. The van der Waals surface area contributed by atoms with E-state index in [1.54, 1.807) is 0 Å². The van der Waals surface area contributed by atoms with Crippen LogP contribution in [-0.2, 0) is 11.8 Å². The minimum Gasteiger partial charge on any atom is -0.327 e. The average molecular weight is 360 g/mol. The van der Waals surface area contributed by atoms with E-state index in [-0.39, 0.29) is 5.91 Å². The molecule has 0 unspecified atom stereocenters. The highest BCUT2D eigenvalue weighted by Gasteiger charge is 2.13. The lowest BCUT2D eigenvalue weighted by Crippen LogP contribution is -2.25. The zero-order chi connectivity index (χ0) is 18.8. The van der Waals surface area contributed by atoms with Crippen molar-refractivity contribution in [1.29, 1.82) is 0 Å². The molecule has 0 bridgehead atoms. The molecule has 0 spiro atoms. The number of carbonyl (C=O) groups is 1. The smallest absolute Gasteiger partial charge is 0.228 e. The van der Waals surface area contributed by atoms with Crippen LogP contribution in [0.1, 0.15) is 12.8 Å². The van der Waals surface area contributed by atoms with Crippen molar-refractivity contribution in [3.05, 3.63) is 60.2 Å². The third-order valence-corrected chi connectivity index (χ3v) is 5.11. The molecule has 1 aromatic heterocycles. The van der Waals surface area contributed by atoms with Crippen LogP contribution in [0.4, 0.5) is 5.69 Å². The summed E-state index contributed by atoms with van der Waals surface area (Å²) in [6.07, 6.45) is 3.61. The first-order valence-electron chi connectivity index (χ1n) is 9.28. The summed E-state index contributed by atoms with van der Waals surface area (Å²) in [6.45, 7) is 1.95. The Morgan fingerprint density at radius 2 is 1.89 bits per heavy atom. The van der Waals surface area contributed by atoms with E-state index in [0.29, 0.717) is 6.42 Å². The Morgan fingerprint density at radius 3 is 2.59 bits per heavy atom. The van der Waals surface area contributed by atoms with Crippen LogP contribution in [-0.4, -0.2) is 40.5 Å². The molecule has 0 aliphatic carbocycles. The molecule has 1 amide bonds. The molecule has 5 heteroatoms. The van der Waals surface area contributed by atoms with Gasteiger partial charge in [0.25, 0.3) is 0 Å². The van der Waals surface area contributed by atoms with Gasteiger partial charge in [-0.3, -0.25) is 4.79 Å². The molecule has 4 rings (SSSR count). The third kappa shape index (κ3) is 3.78. The Morgan fingerprint density at radius 1 is 1.11 bits per heavy atom. The number of anilines is 1. The van der Waals surface area contributed by atoms with Crippen LogP contribution in [0.3, 0.4) is 0 Å². The number of aryl methyl sites for hydroxylation is 1. The van der Waals surface area contributed by atoms with Gasteiger partial charge in [0, 0.05) is 37.8 Å². The van der Waals surface area contributed by atoms with Gasteiger partial charge in [-0.25, -0.2) is 4.98 Å². The number of rotatable bonds is 4. The minimum atomic E-state index is 0.0429. The maximum atomic E-state index is 12.3. The molecule has 138 valence electrons. The Hall–Kier alpha value is -2.92. The summed E-state index contributed by atoms with van der Waals surface area (Å²) >= 11 is 0. The molecule has 0 radical (unpaired) electrons. The number of benzene rings is 2. The van der Waals surface area contributed by atoms with Crippen molar-refractivity contribution in [2.45, 2.75) is 12.8 Å². The number of nitrogens with zero attached hydrogens (tertiary/aromatic N) is 3. The van der Waals surface area contributed by atoms with E-state index in [0.717, 1.165) is 47.6 Å². The predicted molar refractivity (Wildman–Crippen MR) is 110 cm³/mol.